The van der Waals surface area contributed by atoms with Gasteiger partial charge >= 0.3 is 6.03 Å². The Kier molecular flexibility index (Phi) is 5.87. The second-order valence-electron chi connectivity index (χ2n) is 8.15. The molecule has 32 heavy (non-hydrogen) atoms. The Morgan fingerprint density at radius 2 is 1.56 bits per heavy atom. The summed E-state index contributed by atoms with van der Waals surface area (Å²) in [6.45, 7) is 4.15. The summed E-state index contributed by atoms with van der Waals surface area (Å²) in [5.41, 5.74) is 1.86. The number of Topliss-reactive ketones (excluding diaryl/α,β-unsaturated/α-hetero) is 1. The first-order valence-corrected chi connectivity index (χ1v) is 12.0. The van der Waals surface area contributed by atoms with Crippen molar-refractivity contribution >= 4 is 33.4 Å². The summed E-state index contributed by atoms with van der Waals surface area (Å²) in [6, 6.07) is 11.6. The molecule has 0 N–H and O–H groups in total. The molecule has 8 nitrogen and oxygen atoms in total. The predicted molar refractivity (Wildman–Crippen MR) is 119 cm³/mol. The van der Waals surface area contributed by atoms with Crippen molar-refractivity contribution in [2.24, 2.45) is 0 Å². The van der Waals surface area contributed by atoms with E-state index in [1.807, 2.05) is 19.1 Å². The quantitative estimate of drug-likeness (QED) is 0.493. The highest BCUT2D eigenvalue weighted by Gasteiger charge is 2.44. The van der Waals surface area contributed by atoms with Gasteiger partial charge in [-0.05, 0) is 63.1 Å². The fourth-order valence-corrected chi connectivity index (χ4v) is 5.55. The van der Waals surface area contributed by atoms with Crippen molar-refractivity contribution < 1.29 is 22.8 Å². The molecule has 0 radical (unpaired) electrons. The largest absolute Gasteiger partial charge is 0.332 e. The van der Waals surface area contributed by atoms with E-state index in [0.717, 1.165) is 23.3 Å². The standard InChI is InChI=1S/C23H25N3O5S/c1-16-5-9-19(10-6-16)26-17(2)22(28)25(23(26)29)15-21(27)18-7-11-20(12-8-18)32(30,31)24-13-3-4-14-24/h5-12,17H,3-4,13-15H2,1-2H3. The van der Waals surface area contributed by atoms with Crippen molar-refractivity contribution in [3.63, 3.8) is 0 Å². The second-order valence-corrected chi connectivity index (χ2v) is 10.1. The van der Waals surface area contributed by atoms with Gasteiger partial charge in [-0.25, -0.2) is 13.2 Å². The van der Waals surface area contributed by atoms with Crippen molar-refractivity contribution in [2.75, 3.05) is 24.5 Å². The molecule has 0 bridgehead atoms. The number of sulfonamides is 1. The van der Waals surface area contributed by atoms with E-state index in [2.05, 4.69) is 0 Å². The van der Waals surface area contributed by atoms with Crippen LogP contribution in [0.1, 0.15) is 35.7 Å². The molecule has 2 aromatic carbocycles. The minimum Gasteiger partial charge on any atom is -0.292 e. The number of carbonyl (C=O) groups is 3. The van der Waals surface area contributed by atoms with E-state index in [9.17, 15) is 22.8 Å². The molecule has 2 aromatic rings. The zero-order chi connectivity index (χ0) is 23.0. The van der Waals surface area contributed by atoms with E-state index in [0.29, 0.717) is 18.8 Å². The highest BCUT2D eigenvalue weighted by molar-refractivity contribution is 7.89. The summed E-state index contributed by atoms with van der Waals surface area (Å²) < 4.78 is 26.7. The number of urea groups is 1. The number of ketones is 1. The Morgan fingerprint density at radius 1 is 0.969 bits per heavy atom. The van der Waals surface area contributed by atoms with E-state index in [4.69, 9.17) is 0 Å². The van der Waals surface area contributed by atoms with Gasteiger partial charge in [0.15, 0.2) is 5.78 Å². The third-order valence-electron chi connectivity index (χ3n) is 5.94. The Balaban J connectivity index is 1.49. The van der Waals surface area contributed by atoms with Gasteiger partial charge in [0.25, 0.3) is 5.91 Å². The summed E-state index contributed by atoms with van der Waals surface area (Å²) in [5.74, 6) is -0.882. The lowest BCUT2D eigenvalue weighted by atomic mass is 10.1. The Hall–Kier alpha value is -3.04. The van der Waals surface area contributed by atoms with E-state index in [1.54, 1.807) is 19.1 Å². The van der Waals surface area contributed by atoms with Gasteiger partial charge in [0.05, 0.1) is 11.4 Å². The minimum absolute atomic E-state index is 0.128. The SMILES string of the molecule is Cc1ccc(N2C(=O)N(CC(=O)c3ccc(S(=O)(=O)N4CCCC4)cc3)C(=O)C2C)cc1. The predicted octanol–water partition coefficient (Wildman–Crippen LogP) is 2.82. The number of amides is 3. The van der Waals surface area contributed by atoms with Crippen molar-refractivity contribution in [1.82, 2.24) is 9.21 Å². The van der Waals surface area contributed by atoms with Crippen molar-refractivity contribution in [1.29, 1.82) is 0 Å². The first-order valence-electron chi connectivity index (χ1n) is 10.5. The third-order valence-corrected chi connectivity index (χ3v) is 7.85. The van der Waals surface area contributed by atoms with Gasteiger partial charge in [0, 0.05) is 24.3 Å². The molecular formula is C23H25N3O5S. The molecular weight excluding hydrogens is 430 g/mol. The molecule has 0 aliphatic carbocycles. The van der Waals surface area contributed by atoms with Gasteiger partial charge in [-0.3, -0.25) is 19.4 Å². The van der Waals surface area contributed by atoms with Crippen molar-refractivity contribution in [3.8, 4) is 0 Å². The van der Waals surface area contributed by atoms with E-state index >= 15 is 0 Å². The van der Waals surface area contributed by atoms with Gasteiger partial charge in [-0.2, -0.15) is 4.31 Å². The number of aryl methyl sites for hydroxylation is 1. The summed E-state index contributed by atoms with van der Waals surface area (Å²) in [5, 5.41) is 0. The van der Waals surface area contributed by atoms with Crippen LogP contribution in [-0.2, 0) is 14.8 Å². The smallest absolute Gasteiger partial charge is 0.292 e. The maximum Gasteiger partial charge on any atom is 0.332 e. The maximum atomic E-state index is 12.9. The Bertz CT molecular complexity index is 1150. The normalized spacial score (nSPS) is 19.8. The number of nitrogens with zero attached hydrogens (tertiary/aromatic N) is 3. The highest BCUT2D eigenvalue weighted by Crippen LogP contribution is 2.27. The van der Waals surface area contributed by atoms with Crippen LogP contribution < -0.4 is 4.90 Å². The van der Waals surface area contributed by atoms with Crippen LogP contribution in [0.2, 0.25) is 0 Å². The number of hydrogen-bond acceptors (Lipinski definition) is 5. The van der Waals surface area contributed by atoms with Gasteiger partial charge in [0.2, 0.25) is 10.0 Å². The molecule has 2 aliphatic heterocycles. The van der Waals surface area contributed by atoms with Crippen LogP contribution in [0.25, 0.3) is 0 Å². The number of anilines is 1. The van der Waals surface area contributed by atoms with Crippen LogP contribution >= 0.6 is 0 Å². The zero-order valence-corrected chi connectivity index (χ0v) is 18.8. The zero-order valence-electron chi connectivity index (χ0n) is 18.0. The van der Waals surface area contributed by atoms with E-state index in [1.165, 1.54) is 33.5 Å². The number of imide groups is 1. The molecule has 2 heterocycles. The highest BCUT2D eigenvalue weighted by atomic mass is 32.2. The molecule has 4 rings (SSSR count). The van der Waals surface area contributed by atoms with Crippen LogP contribution in [0.3, 0.4) is 0 Å². The molecule has 2 aliphatic rings. The Morgan fingerprint density at radius 3 is 2.16 bits per heavy atom. The van der Waals surface area contributed by atoms with Crippen LogP contribution in [0.15, 0.2) is 53.4 Å². The van der Waals surface area contributed by atoms with Crippen molar-refractivity contribution in [2.45, 2.75) is 37.6 Å². The first kappa shape index (κ1) is 22.2. The van der Waals surface area contributed by atoms with Crippen LogP contribution in [-0.4, -0.2) is 61.0 Å². The number of carbonyl (C=O) groups excluding carboxylic acids is 3. The first-order chi connectivity index (χ1) is 15.2. The molecule has 1 unspecified atom stereocenters. The topological polar surface area (TPSA) is 95.1 Å². The number of hydrogen-bond donors (Lipinski definition) is 0. The summed E-state index contributed by atoms with van der Waals surface area (Å²) >= 11 is 0. The van der Waals surface area contributed by atoms with Crippen LogP contribution in [0.5, 0.6) is 0 Å². The molecule has 0 spiro atoms. The van der Waals surface area contributed by atoms with Gasteiger partial charge in [-0.1, -0.05) is 17.7 Å². The minimum atomic E-state index is -3.57. The molecule has 2 saturated heterocycles. The van der Waals surface area contributed by atoms with Gasteiger partial charge in [-0.15, -0.1) is 0 Å². The lowest BCUT2D eigenvalue weighted by Crippen LogP contribution is -2.37. The molecule has 1 atom stereocenters. The fraction of sp³-hybridized carbons (Fsp3) is 0.348. The Labute approximate surface area is 187 Å². The fourth-order valence-electron chi connectivity index (χ4n) is 4.04. The maximum absolute atomic E-state index is 12.9. The molecule has 3 amide bonds. The molecule has 2 fully saturated rings. The lowest BCUT2D eigenvalue weighted by molar-refractivity contribution is -0.126. The summed E-state index contributed by atoms with van der Waals surface area (Å²) in [6.07, 6.45) is 1.68. The molecule has 168 valence electrons. The summed E-state index contributed by atoms with van der Waals surface area (Å²) in [7, 11) is -3.57. The number of rotatable bonds is 6. The van der Waals surface area contributed by atoms with Gasteiger partial charge < -0.3 is 0 Å². The van der Waals surface area contributed by atoms with E-state index in [-0.39, 0.29) is 10.5 Å². The second kappa shape index (κ2) is 8.48. The lowest BCUT2D eigenvalue weighted by Gasteiger charge is -2.19. The number of benzene rings is 2. The summed E-state index contributed by atoms with van der Waals surface area (Å²) in [4.78, 5) is 40.8. The third kappa shape index (κ3) is 3.93. The van der Waals surface area contributed by atoms with E-state index < -0.39 is 40.3 Å². The van der Waals surface area contributed by atoms with Crippen LogP contribution in [0, 0.1) is 6.92 Å². The van der Waals surface area contributed by atoms with Gasteiger partial charge in [0.1, 0.15) is 6.04 Å². The van der Waals surface area contributed by atoms with Crippen LogP contribution in [0.4, 0.5) is 10.5 Å². The average molecular weight is 456 g/mol. The molecule has 0 aromatic heterocycles. The molecule has 9 heteroatoms. The van der Waals surface area contributed by atoms with Crippen molar-refractivity contribution in [3.05, 3.63) is 59.7 Å². The average Bonchev–Trinajstić information content (AvgIpc) is 3.40. The molecule has 0 saturated carbocycles. The monoisotopic (exact) mass is 455 g/mol.